The molecule has 1 heterocycles. The maximum Gasteiger partial charge on any atom is 0.338 e. The fraction of sp³-hybridized carbons (Fsp3) is 0.188. The van der Waals surface area contributed by atoms with Crippen LogP contribution in [0.15, 0.2) is 42.6 Å². The van der Waals surface area contributed by atoms with Crippen LogP contribution in [0.2, 0.25) is 0 Å². The van der Waals surface area contributed by atoms with Gasteiger partial charge in [-0.25, -0.2) is 9.78 Å². The first-order chi connectivity index (χ1) is 12.0. The van der Waals surface area contributed by atoms with Crippen LogP contribution in [-0.2, 0) is 9.53 Å². The minimum Gasteiger partial charge on any atom is -0.484 e. The van der Waals surface area contributed by atoms with E-state index >= 15 is 0 Å². The Kier molecular flexibility index (Phi) is 5.99. The van der Waals surface area contributed by atoms with Crippen LogP contribution in [0, 0.1) is 10.1 Å². The molecular weight excluding hydrogens is 330 g/mol. The molecule has 0 bridgehead atoms. The van der Waals surface area contributed by atoms with Crippen LogP contribution in [0.5, 0.6) is 5.75 Å². The van der Waals surface area contributed by atoms with Crippen molar-refractivity contribution in [2.24, 2.45) is 0 Å². The lowest BCUT2D eigenvalue weighted by Crippen LogP contribution is -2.21. The topological polar surface area (TPSA) is 121 Å². The Morgan fingerprint density at radius 1 is 1.24 bits per heavy atom. The number of hydrogen-bond donors (Lipinski definition) is 1. The third-order valence-electron chi connectivity index (χ3n) is 2.96. The molecule has 0 atom stereocenters. The first kappa shape index (κ1) is 17.9. The molecule has 9 nitrogen and oxygen atoms in total. The number of benzene rings is 1. The number of aromatic nitrogens is 1. The summed E-state index contributed by atoms with van der Waals surface area (Å²) in [6, 6.07) is 8.20. The first-order valence-electron chi connectivity index (χ1n) is 7.30. The van der Waals surface area contributed by atoms with Gasteiger partial charge >= 0.3 is 5.97 Å². The third kappa shape index (κ3) is 5.27. The Morgan fingerprint density at radius 2 is 1.96 bits per heavy atom. The van der Waals surface area contributed by atoms with E-state index in [9.17, 15) is 19.7 Å². The Morgan fingerprint density at radius 3 is 2.60 bits per heavy atom. The fourth-order valence-corrected chi connectivity index (χ4v) is 1.83. The van der Waals surface area contributed by atoms with Gasteiger partial charge in [0.15, 0.2) is 6.61 Å². The van der Waals surface area contributed by atoms with Gasteiger partial charge in [0.2, 0.25) is 0 Å². The van der Waals surface area contributed by atoms with E-state index in [-0.39, 0.29) is 30.3 Å². The number of nitro groups is 1. The van der Waals surface area contributed by atoms with Crippen LogP contribution in [0.25, 0.3) is 0 Å². The lowest BCUT2D eigenvalue weighted by molar-refractivity contribution is -0.384. The van der Waals surface area contributed by atoms with Crippen LogP contribution in [0.4, 0.5) is 11.5 Å². The Hall–Kier alpha value is -3.49. The molecule has 25 heavy (non-hydrogen) atoms. The van der Waals surface area contributed by atoms with Gasteiger partial charge in [0.1, 0.15) is 11.6 Å². The van der Waals surface area contributed by atoms with Crippen LogP contribution >= 0.6 is 0 Å². The number of carbonyl (C=O) groups is 2. The molecule has 1 aromatic heterocycles. The maximum absolute atomic E-state index is 11.9. The van der Waals surface area contributed by atoms with E-state index in [2.05, 4.69) is 10.3 Å². The number of carbonyl (C=O) groups excluding carboxylic acids is 2. The summed E-state index contributed by atoms with van der Waals surface area (Å²) in [5, 5.41) is 13.0. The minimum absolute atomic E-state index is 0.0724. The molecule has 9 heteroatoms. The number of nitro benzene ring substituents is 1. The van der Waals surface area contributed by atoms with E-state index in [1.54, 1.807) is 6.92 Å². The summed E-state index contributed by atoms with van der Waals surface area (Å²) in [4.78, 5) is 37.5. The number of ether oxygens (including phenoxy) is 2. The zero-order valence-electron chi connectivity index (χ0n) is 13.3. The number of esters is 1. The number of rotatable bonds is 7. The van der Waals surface area contributed by atoms with Crippen molar-refractivity contribution in [3.8, 4) is 5.75 Å². The van der Waals surface area contributed by atoms with Gasteiger partial charge in [-0.15, -0.1) is 0 Å². The van der Waals surface area contributed by atoms with E-state index < -0.39 is 16.8 Å². The summed E-state index contributed by atoms with van der Waals surface area (Å²) < 4.78 is 10.1. The lowest BCUT2D eigenvalue weighted by Gasteiger charge is -2.08. The summed E-state index contributed by atoms with van der Waals surface area (Å²) in [6.07, 6.45) is 1.37. The van der Waals surface area contributed by atoms with Crippen molar-refractivity contribution in [2.75, 3.05) is 18.5 Å². The molecule has 1 amide bonds. The smallest absolute Gasteiger partial charge is 0.338 e. The molecule has 0 saturated heterocycles. The van der Waals surface area contributed by atoms with E-state index in [4.69, 9.17) is 9.47 Å². The molecule has 0 radical (unpaired) electrons. The molecule has 1 aromatic carbocycles. The summed E-state index contributed by atoms with van der Waals surface area (Å²) in [7, 11) is 0. The third-order valence-corrected chi connectivity index (χ3v) is 2.96. The van der Waals surface area contributed by atoms with E-state index in [0.717, 1.165) is 0 Å². The number of nitrogens with one attached hydrogen (secondary N) is 1. The number of nitrogens with zero attached hydrogens (tertiary/aromatic N) is 2. The highest BCUT2D eigenvalue weighted by Crippen LogP contribution is 2.17. The number of anilines is 1. The zero-order chi connectivity index (χ0) is 18.2. The van der Waals surface area contributed by atoms with Crippen LogP contribution in [0.3, 0.4) is 0 Å². The average Bonchev–Trinajstić information content (AvgIpc) is 2.61. The standard InChI is InChI=1S/C16H15N3O6/c1-2-24-16(21)11-7-8-17-14(9-11)18-15(20)10-25-13-5-3-12(4-6-13)19(22)23/h3-9H,2,10H2,1H3,(H,17,18,20). The molecule has 0 fully saturated rings. The highest BCUT2D eigenvalue weighted by molar-refractivity contribution is 5.94. The molecular formula is C16H15N3O6. The van der Waals surface area contributed by atoms with Crippen molar-refractivity contribution in [2.45, 2.75) is 6.92 Å². The van der Waals surface area contributed by atoms with Crippen LogP contribution in [-0.4, -0.2) is 35.0 Å². The predicted molar refractivity (Wildman–Crippen MR) is 87.4 cm³/mol. The Balaban J connectivity index is 1.90. The molecule has 0 aliphatic carbocycles. The second-order valence-electron chi connectivity index (χ2n) is 4.74. The predicted octanol–water partition coefficient (Wildman–Crippen LogP) is 2.18. The van der Waals surface area contributed by atoms with Gasteiger partial charge < -0.3 is 14.8 Å². The van der Waals surface area contributed by atoms with Crippen molar-refractivity contribution in [3.05, 3.63) is 58.3 Å². The second-order valence-corrected chi connectivity index (χ2v) is 4.74. The van der Waals surface area contributed by atoms with Gasteiger partial charge in [-0.1, -0.05) is 0 Å². The number of pyridine rings is 1. The molecule has 0 unspecified atom stereocenters. The van der Waals surface area contributed by atoms with Gasteiger partial charge in [-0.2, -0.15) is 0 Å². The molecule has 0 saturated carbocycles. The maximum atomic E-state index is 11.9. The van der Waals surface area contributed by atoms with Crippen molar-refractivity contribution in [1.29, 1.82) is 0 Å². The van der Waals surface area contributed by atoms with E-state index in [1.807, 2.05) is 0 Å². The largest absolute Gasteiger partial charge is 0.484 e. The lowest BCUT2D eigenvalue weighted by atomic mass is 10.2. The van der Waals surface area contributed by atoms with Crippen molar-refractivity contribution < 1.29 is 24.0 Å². The minimum atomic E-state index is -0.529. The molecule has 0 spiro atoms. The summed E-state index contributed by atoms with van der Waals surface area (Å²) in [5.74, 6) is -0.508. The molecule has 130 valence electrons. The van der Waals surface area contributed by atoms with Crippen molar-refractivity contribution in [3.63, 3.8) is 0 Å². The molecule has 1 N–H and O–H groups in total. The Labute approximate surface area is 142 Å². The normalized spacial score (nSPS) is 9.96. The summed E-state index contributed by atoms with van der Waals surface area (Å²) >= 11 is 0. The van der Waals surface area contributed by atoms with Gasteiger partial charge in [-0.3, -0.25) is 14.9 Å². The van der Waals surface area contributed by atoms with Crippen LogP contribution in [0.1, 0.15) is 17.3 Å². The average molecular weight is 345 g/mol. The van der Waals surface area contributed by atoms with Gasteiger partial charge in [-0.05, 0) is 31.2 Å². The van der Waals surface area contributed by atoms with Gasteiger partial charge in [0, 0.05) is 18.3 Å². The first-order valence-corrected chi connectivity index (χ1v) is 7.30. The van der Waals surface area contributed by atoms with Crippen molar-refractivity contribution in [1.82, 2.24) is 4.98 Å². The SMILES string of the molecule is CCOC(=O)c1ccnc(NC(=O)COc2ccc([N+](=O)[O-])cc2)c1. The zero-order valence-corrected chi connectivity index (χ0v) is 13.3. The van der Waals surface area contributed by atoms with Gasteiger partial charge in [0.25, 0.3) is 11.6 Å². The number of non-ortho nitro benzene ring substituents is 1. The molecule has 2 aromatic rings. The summed E-state index contributed by atoms with van der Waals surface area (Å²) in [6.45, 7) is 1.62. The molecule has 2 rings (SSSR count). The van der Waals surface area contributed by atoms with Gasteiger partial charge in [0.05, 0.1) is 17.1 Å². The monoisotopic (exact) mass is 345 g/mol. The Bertz CT molecular complexity index is 776. The fourth-order valence-electron chi connectivity index (χ4n) is 1.83. The van der Waals surface area contributed by atoms with Crippen molar-refractivity contribution >= 4 is 23.4 Å². The summed E-state index contributed by atoms with van der Waals surface area (Å²) in [5.41, 5.74) is 0.195. The number of amides is 1. The molecule has 0 aliphatic heterocycles. The quantitative estimate of drug-likeness (QED) is 0.464. The highest BCUT2D eigenvalue weighted by atomic mass is 16.6. The number of hydrogen-bond acceptors (Lipinski definition) is 7. The van der Waals surface area contributed by atoms with E-state index in [0.29, 0.717) is 5.75 Å². The second kappa shape index (κ2) is 8.39. The molecule has 0 aliphatic rings. The highest BCUT2D eigenvalue weighted by Gasteiger charge is 2.10. The van der Waals surface area contributed by atoms with E-state index in [1.165, 1.54) is 42.6 Å². The van der Waals surface area contributed by atoms with Crippen LogP contribution < -0.4 is 10.1 Å².